The molecule has 0 bridgehead atoms. The van der Waals surface area contributed by atoms with E-state index in [1.807, 2.05) is 13.8 Å². The van der Waals surface area contributed by atoms with E-state index >= 15 is 0 Å². The van der Waals surface area contributed by atoms with E-state index in [0.29, 0.717) is 19.0 Å². The minimum Gasteiger partial charge on any atom is -0.355 e. The van der Waals surface area contributed by atoms with E-state index in [4.69, 9.17) is 0 Å². The van der Waals surface area contributed by atoms with Gasteiger partial charge in [0.05, 0.1) is 4.83 Å². The summed E-state index contributed by atoms with van der Waals surface area (Å²) < 4.78 is 0. The normalized spacial score (nSPS) is 17.0. The summed E-state index contributed by atoms with van der Waals surface area (Å²) in [6, 6.07) is 0.391. The molecule has 0 spiro atoms. The fourth-order valence-electron chi connectivity index (χ4n) is 1.23. The number of nitrogens with one attached hydrogen (secondary N) is 2. The second kappa shape index (κ2) is 6.23. The summed E-state index contributed by atoms with van der Waals surface area (Å²) in [7, 11) is 0. The van der Waals surface area contributed by atoms with Crippen molar-refractivity contribution in [2.24, 2.45) is 5.92 Å². The molecule has 0 heterocycles. The number of hydrogen-bond donors (Lipinski definition) is 2. The number of alkyl halides is 1. The summed E-state index contributed by atoms with van der Waals surface area (Å²) in [4.78, 5) is 22.6. The summed E-state index contributed by atoms with van der Waals surface area (Å²) in [5, 5.41) is 5.62. The Hall–Kier alpha value is -0.580. The van der Waals surface area contributed by atoms with Crippen molar-refractivity contribution >= 4 is 27.7 Å². The highest BCUT2D eigenvalue weighted by molar-refractivity contribution is 9.10. The van der Waals surface area contributed by atoms with Crippen molar-refractivity contribution in [1.29, 1.82) is 0 Å². The van der Waals surface area contributed by atoms with Gasteiger partial charge in [-0.3, -0.25) is 9.59 Å². The van der Waals surface area contributed by atoms with Crippen LogP contribution in [-0.2, 0) is 9.59 Å². The molecule has 1 atom stereocenters. The van der Waals surface area contributed by atoms with E-state index in [-0.39, 0.29) is 22.6 Å². The van der Waals surface area contributed by atoms with Crippen LogP contribution < -0.4 is 10.6 Å². The van der Waals surface area contributed by atoms with Gasteiger partial charge in [0.2, 0.25) is 11.8 Å². The van der Waals surface area contributed by atoms with Crippen LogP contribution in [0.2, 0.25) is 0 Å². The van der Waals surface area contributed by atoms with Crippen molar-refractivity contribution in [2.75, 3.05) is 6.54 Å². The van der Waals surface area contributed by atoms with E-state index < -0.39 is 0 Å². The summed E-state index contributed by atoms with van der Waals surface area (Å²) in [5.74, 6) is 0.230. The molecule has 16 heavy (non-hydrogen) atoms. The second-order valence-corrected chi connectivity index (χ2v) is 5.52. The molecule has 1 aliphatic rings. The molecule has 1 unspecified atom stereocenters. The summed E-state index contributed by atoms with van der Waals surface area (Å²) in [6.45, 7) is 4.35. The predicted molar refractivity (Wildman–Crippen MR) is 66.3 cm³/mol. The molecule has 0 aliphatic heterocycles. The Morgan fingerprint density at radius 3 is 2.50 bits per heavy atom. The first-order valence-electron chi connectivity index (χ1n) is 5.72. The molecule has 0 aromatic carbocycles. The molecule has 0 radical (unpaired) electrons. The van der Waals surface area contributed by atoms with Crippen molar-refractivity contribution in [3.8, 4) is 0 Å². The molecule has 1 rings (SSSR count). The van der Waals surface area contributed by atoms with Gasteiger partial charge >= 0.3 is 0 Å². The van der Waals surface area contributed by atoms with Crippen LogP contribution in [0.5, 0.6) is 0 Å². The molecule has 0 saturated heterocycles. The van der Waals surface area contributed by atoms with Gasteiger partial charge in [0, 0.05) is 19.0 Å². The first-order valence-corrected chi connectivity index (χ1v) is 6.63. The Bertz CT molecular complexity index is 265. The molecule has 1 aliphatic carbocycles. The quantitative estimate of drug-likeness (QED) is 0.722. The van der Waals surface area contributed by atoms with Crippen LogP contribution in [-0.4, -0.2) is 29.2 Å². The zero-order valence-electron chi connectivity index (χ0n) is 9.75. The third-order valence-electron chi connectivity index (χ3n) is 2.43. The van der Waals surface area contributed by atoms with E-state index in [9.17, 15) is 9.59 Å². The number of carbonyl (C=O) groups excluding carboxylic acids is 2. The number of rotatable bonds is 6. The maximum atomic E-state index is 11.5. The molecular formula is C11H19BrN2O2. The van der Waals surface area contributed by atoms with E-state index in [0.717, 1.165) is 12.8 Å². The molecule has 1 saturated carbocycles. The Kier molecular flexibility index (Phi) is 5.25. The molecular weight excluding hydrogens is 272 g/mol. The lowest BCUT2D eigenvalue weighted by Crippen LogP contribution is -2.37. The van der Waals surface area contributed by atoms with Crippen LogP contribution in [0.3, 0.4) is 0 Å². The van der Waals surface area contributed by atoms with E-state index in [2.05, 4.69) is 26.6 Å². The Morgan fingerprint density at radius 1 is 1.38 bits per heavy atom. The van der Waals surface area contributed by atoms with Crippen LogP contribution >= 0.6 is 15.9 Å². The van der Waals surface area contributed by atoms with Gasteiger partial charge in [0.25, 0.3) is 0 Å². The Labute approximate surface area is 105 Å². The largest absolute Gasteiger partial charge is 0.355 e. The van der Waals surface area contributed by atoms with Gasteiger partial charge in [-0.1, -0.05) is 29.8 Å². The number of carbonyl (C=O) groups is 2. The minimum absolute atomic E-state index is 0.0264. The highest BCUT2D eigenvalue weighted by Gasteiger charge is 2.23. The van der Waals surface area contributed by atoms with Crippen molar-refractivity contribution in [2.45, 2.75) is 44.0 Å². The highest BCUT2D eigenvalue weighted by atomic mass is 79.9. The molecule has 92 valence electrons. The van der Waals surface area contributed by atoms with Gasteiger partial charge in [-0.05, 0) is 18.8 Å². The monoisotopic (exact) mass is 290 g/mol. The summed E-state index contributed by atoms with van der Waals surface area (Å²) >= 11 is 3.31. The maximum absolute atomic E-state index is 11.5. The zero-order chi connectivity index (χ0) is 12.1. The average Bonchev–Trinajstić information content (AvgIpc) is 3.00. The fraction of sp³-hybridized carbons (Fsp3) is 0.818. The number of halogens is 1. The van der Waals surface area contributed by atoms with Gasteiger partial charge in [-0.2, -0.15) is 0 Å². The van der Waals surface area contributed by atoms with Crippen molar-refractivity contribution in [3.63, 3.8) is 0 Å². The van der Waals surface area contributed by atoms with Gasteiger partial charge in [-0.15, -0.1) is 0 Å². The molecule has 4 nitrogen and oxygen atoms in total. The van der Waals surface area contributed by atoms with Crippen molar-refractivity contribution in [3.05, 3.63) is 0 Å². The summed E-state index contributed by atoms with van der Waals surface area (Å²) in [6.07, 6.45) is 2.55. The van der Waals surface area contributed by atoms with Crippen LogP contribution in [0.15, 0.2) is 0 Å². The number of amides is 2. The SMILES string of the molecule is CC(C)C(Br)C(=O)NCCC(=O)NC1CC1. The number of hydrogen-bond acceptors (Lipinski definition) is 2. The lowest BCUT2D eigenvalue weighted by Gasteiger charge is -2.13. The van der Waals surface area contributed by atoms with Gasteiger partial charge < -0.3 is 10.6 Å². The second-order valence-electron chi connectivity index (χ2n) is 4.53. The highest BCUT2D eigenvalue weighted by Crippen LogP contribution is 2.18. The van der Waals surface area contributed by atoms with Crippen LogP contribution in [0.1, 0.15) is 33.1 Å². The standard InChI is InChI=1S/C11H19BrN2O2/c1-7(2)10(12)11(16)13-6-5-9(15)14-8-3-4-8/h7-8,10H,3-6H2,1-2H3,(H,13,16)(H,14,15). The van der Waals surface area contributed by atoms with Gasteiger partial charge in [0.1, 0.15) is 0 Å². The topological polar surface area (TPSA) is 58.2 Å². The third kappa shape index (κ3) is 4.96. The first-order chi connectivity index (χ1) is 7.50. The van der Waals surface area contributed by atoms with Crippen molar-refractivity contribution < 1.29 is 9.59 Å². The molecule has 0 aromatic heterocycles. The third-order valence-corrected chi connectivity index (χ3v) is 3.90. The minimum atomic E-state index is -0.181. The lowest BCUT2D eigenvalue weighted by atomic mass is 10.1. The predicted octanol–water partition coefficient (Wildman–Crippen LogP) is 1.19. The van der Waals surface area contributed by atoms with Gasteiger partial charge in [-0.25, -0.2) is 0 Å². The molecule has 5 heteroatoms. The van der Waals surface area contributed by atoms with E-state index in [1.54, 1.807) is 0 Å². The lowest BCUT2D eigenvalue weighted by molar-refractivity contribution is -0.122. The summed E-state index contributed by atoms with van der Waals surface area (Å²) in [5.41, 5.74) is 0. The molecule has 2 amide bonds. The first kappa shape index (κ1) is 13.5. The molecule has 1 fully saturated rings. The van der Waals surface area contributed by atoms with Crippen LogP contribution in [0.4, 0.5) is 0 Å². The zero-order valence-corrected chi connectivity index (χ0v) is 11.3. The van der Waals surface area contributed by atoms with Gasteiger partial charge in [0.15, 0.2) is 0 Å². The fourth-order valence-corrected chi connectivity index (χ4v) is 1.39. The molecule has 0 aromatic rings. The van der Waals surface area contributed by atoms with Crippen molar-refractivity contribution in [1.82, 2.24) is 10.6 Å². The Morgan fingerprint density at radius 2 is 2.00 bits per heavy atom. The average molecular weight is 291 g/mol. The van der Waals surface area contributed by atoms with E-state index in [1.165, 1.54) is 0 Å². The maximum Gasteiger partial charge on any atom is 0.234 e. The Balaban J connectivity index is 2.09. The smallest absolute Gasteiger partial charge is 0.234 e. The molecule has 2 N–H and O–H groups in total. The van der Waals surface area contributed by atoms with Crippen LogP contribution in [0, 0.1) is 5.92 Å². The van der Waals surface area contributed by atoms with Crippen LogP contribution in [0.25, 0.3) is 0 Å².